The number of rotatable bonds is 2. The molecule has 1 heterocycles. The van der Waals surface area contributed by atoms with Gasteiger partial charge in [-0.15, -0.1) is 0 Å². The molecule has 0 spiro atoms. The van der Waals surface area contributed by atoms with Gasteiger partial charge in [0, 0.05) is 4.90 Å². The van der Waals surface area contributed by atoms with Crippen molar-refractivity contribution in [1.29, 1.82) is 0 Å². The fourth-order valence-corrected chi connectivity index (χ4v) is 2.76. The Morgan fingerprint density at radius 1 is 1.29 bits per heavy atom. The Morgan fingerprint density at radius 2 is 2.00 bits per heavy atom. The molecule has 1 nitrogen and oxygen atoms in total. The molecular weight excluding hydrogens is 192 g/mol. The molecule has 0 bridgehead atoms. The van der Waals surface area contributed by atoms with Gasteiger partial charge in [-0.2, -0.15) is 0 Å². The molecule has 2 rings (SSSR count). The van der Waals surface area contributed by atoms with Gasteiger partial charge in [-0.3, -0.25) is 0 Å². The van der Waals surface area contributed by atoms with Crippen LogP contribution in [0.5, 0.6) is 0 Å². The number of benzene rings is 1. The first-order valence-corrected chi connectivity index (χ1v) is 5.97. The van der Waals surface area contributed by atoms with E-state index in [2.05, 4.69) is 38.1 Å². The van der Waals surface area contributed by atoms with Crippen LogP contribution in [0.1, 0.15) is 18.9 Å². The Bertz CT molecular complexity index is 294. The Balaban J connectivity index is 1.94. The van der Waals surface area contributed by atoms with Crippen molar-refractivity contribution in [2.45, 2.75) is 30.6 Å². The summed E-state index contributed by atoms with van der Waals surface area (Å²) in [5, 5.41) is 0. The molecule has 1 aliphatic rings. The zero-order chi connectivity index (χ0) is 9.97. The van der Waals surface area contributed by atoms with Crippen molar-refractivity contribution in [2.75, 3.05) is 6.61 Å². The highest BCUT2D eigenvalue weighted by molar-refractivity contribution is 7.99. The summed E-state index contributed by atoms with van der Waals surface area (Å²) < 4.78 is 5.66. The molecule has 1 aliphatic heterocycles. The Labute approximate surface area is 89.9 Å². The maximum absolute atomic E-state index is 5.66. The van der Waals surface area contributed by atoms with Crippen LogP contribution in [-0.4, -0.2) is 12.0 Å². The van der Waals surface area contributed by atoms with Crippen LogP contribution in [0.15, 0.2) is 29.2 Å². The van der Waals surface area contributed by atoms with E-state index in [1.165, 1.54) is 16.9 Å². The van der Waals surface area contributed by atoms with Crippen molar-refractivity contribution in [1.82, 2.24) is 0 Å². The lowest BCUT2D eigenvalue weighted by atomic mass is 10.2. The van der Waals surface area contributed by atoms with Crippen LogP contribution in [0.25, 0.3) is 0 Å². The second-order valence-electron chi connectivity index (χ2n) is 4.03. The van der Waals surface area contributed by atoms with Gasteiger partial charge in [0.1, 0.15) is 5.44 Å². The molecular formula is C12H16OS. The lowest BCUT2D eigenvalue weighted by Gasteiger charge is -2.08. The van der Waals surface area contributed by atoms with Gasteiger partial charge in [-0.25, -0.2) is 0 Å². The summed E-state index contributed by atoms with van der Waals surface area (Å²) in [4.78, 5) is 1.31. The molecule has 0 aromatic heterocycles. The summed E-state index contributed by atoms with van der Waals surface area (Å²) in [6.07, 6.45) is 1.18. The number of thioether (sulfide) groups is 1. The lowest BCUT2D eigenvalue weighted by molar-refractivity contribution is 0.166. The average molecular weight is 208 g/mol. The quantitative estimate of drug-likeness (QED) is 0.736. The zero-order valence-electron chi connectivity index (χ0n) is 8.69. The topological polar surface area (TPSA) is 9.23 Å². The molecule has 14 heavy (non-hydrogen) atoms. The SMILES string of the molecule is Cc1ccc(SC2CC(C)CO2)cc1. The number of aryl methyl sites for hydroxylation is 1. The first-order valence-electron chi connectivity index (χ1n) is 5.09. The molecule has 1 fully saturated rings. The molecule has 2 atom stereocenters. The van der Waals surface area contributed by atoms with Gasteiger partial charge in [0.15, 0.2) is 0 Å². The number of hydrogen-bond acceptors (Lipinski definition) is 2. The predicted molar refractivity (Wildman–Crippen MR) is 60.6 cm³/mol. The van der Waals surface area contributed by atoms with Gasteiger partial charge < -0.3 is 4.74 Å². The van der Waals surface area contributed by atoms with Crippen molar-refractivity contribution in [3.8, 4) is 0 Å². The average Bonchev–Trinajstić information content (AvgIpc) is 2.56. The maximum Gasteiger partial charge on any atom is 0.108 e. The van der Waals surface area contributed by atoms with Gasteiger partial charge >= 0.3 is 0 Å². The summed E-state index contributed by atoms with van der Waals surface area (Å²) in [6.45, 7) is 5.28. The summed E-state index contributed by atoms with van der Waals surface area (Å²) >= 11 is 1.84. The normalized spacial score (nSPS) is 26.7. The standard InChI is InChI=1S/C12H16OS/c1-9-3-5-11(6-4-9)14-12-7-10(2)8-13-12/h3-6,10,12H,7-8H2,1-2H3. The summed E-state index contributed by atoms with van der Waals surface area (Å²) in [5.74, 6) is 0.720. The van der Waals surface area contributed by atoms with Gasteiger partial charge in [0.2, 0.25) is 0 Å². The van der Waals surface area contributed by atoms with Crippen molar-refractivity contribution < 1.29 is 4.74 Å². The zero-order valence-corrected chi connectivity index (χ0v) is 9.51. The van der Waals surface area contributed by atoms with E-state index in [1.807, 2.05) is 11.8 Å². The van der Waals surface area contributed by atoms with Gasteiger partial charge in [-0.05, 0) is 31.4 Å². The van der Waals surface area contributed by atoms with Crippen LogP contribution in [0.4, 0.5) is 0 Å². The van der Waals surface area contributed by atoms with Gasteiger partial charge in [-0.1, -0.05) is 36.4 Å². The van der Waals surface area contributed by atoms with Crippen molar-refractivity contribution >= 4 is 11.8 Å². The van der Waals surface area contributed by atoms with E-state index in [4.69, 9.17) is 4.74 Å². The monoisotopic (exact) mass is 208 g/mol. The molecule has 1 saturated heterocycles. The van der Waals surface area contributed by atoms with E-state index in [0.717, 1.165) is 12.5 Å². The van der Waals surface area contributed by atoms with Crippen LogP contribution in [-0.2, 0) is 4.74 Å². The maximum atomic E-state index is 5.66. The van der Waals surface area contributed by atoms with Crippen LogP contribution in [0, 0.1) is 12.8 Å². The molecule has 0 aliphatic carbocycles. The van der Waals surface area contributed by atoms with Crippen molar-refractivity contribution in [2.24, 2.45) is 5.92 Å². The Hall–Kier alpha value is -0.470. The number of hydrogen-bond donors (Lipinski definition) is 0. The minimum absolute atomic E-state index is 0.368. The predicted octanol–water partition coefficient (Wildman–Crippen LogP) is 3.47. The molecule has 0 saturated carbocycles. The number of ether oxygens (including phenoxy) is 1. The molecule has 1 aromatic rings. The third-order valence-electron chi connectivity index (χ3n) is 2.45. The van der Waals surface area contributed by atoms with Gasteiger partial charge in [0.25, 0.3) is 0 Å². The fraction of sp³-hybridized carbons (Fsp3) is 0.500. The largest absolute Gasteiger partial charge is 0.367 e. The first kappa shape index (κ1) is 10.1. The molecule has 0 N–H and O–H groups in total. The third kappa shape index (κ3) is 2.52. The summed E-state index contributed by atoms with van der Waals surface area (Å²) in [6, 6.07) is 8.65. The van der Waals surface area contributed by atoms with Crippen molar-refractivity contribution in [3.05, 3.63) is 29.8 Å². The molecule has 2 unspecified atom stereocenters. The Morgan fingerprint density at radius 3 is 2.57 bits per heavy atom. The van der Waals surface area contributed by atoms with E-state index in [9.17, 15) is 0 Å². The smallest absolute Gasteiger partial charge is 0.108 e. The van der Waals surface area contributed by atoms with Gasteiger partial charge in [0.05, 0.1) is 6.61 Å². The van der Waals surface area contributed by atoms with Crippen LogP contribution in [0.2, 0.25) is 0 Å². The summed E-state index contributed by atoms with van der Waals surface area (Å²) in [5.41, 5.74) is 1.68. The third-order valence-corrected chi connectivity index (χ3v) is 3.59. The highest BCUT2D eigenvalue weighted by Crippen LogP contribution is 2.32. The second-order valence-corrected chi connectivity index (χ2v) is 5.27. The second kappa shape index (κ2) is 4.37. The van der Waals surface area contributed by atoms with E-state index in [0.29, 0.717) is 5.44 Å². The van der Waals surface area contributed by atoms with E-state index < -0.39 is 0 Å². The minimum Gasteiger partial charge on any atom is -0.367 e. The van der Waals surface area contributed by atoms with E-state index >= 15 is 0 Å². The first-order chi connectivity index (χ1) is 6.74. The van der Waals surface area contributed by atoms with Crippen molar-refractivity contribution in [3.63, 3.8) is 0 Å². The molecule has 1 aromatic carbocycles. The van der Waals surface area contributed by atoms with Crippen LogP contribution >= 0.6 is 11.8 Å². The fourth-order valence-electron chi connectivity index (χ4n) is 1.59. The Kier molecular flexibility index (Phi) is 3.14. The van der Waals surface area contributed by atoms with E-state index in [-0.39, 0.29) is 0 Å². The highest BCUT2D eigenvalue weighted by Gasteiger charge is 2.22. The molecule has 0 amide bonds. The molecule has 0 radical (unpaired) electrons. The summed E-state index contributed by atoms with van der Waals surface area (Å²) in [7, 11) is 0. The van der Waals surface area contributed by atoms with Crippen LogP contribution in [0.3, 0.4) is 0 Å². The minimum atomic E-state index is 0.368. The lowest BCUT2D eigenvalue weighted by Crippen LogP contribution is -1.97. The highest BCUT2D eigenvalue weighted by atomic mass is 32.2. The van der Waals surface area contributed by atoms with E-state index in [1.54, 1.807) is 0 Å². The van der Waals surface area contributed by atoms with Crippen LogP contribution < -0.4 is 0 Å². The molecule has 2 heteroatoms. The molecule has 76 valence electrons.